The molecule has 100 valence electrons. The predicted molar refractivity (Wildman–Crippen MR) is 66.9 cm³/mol. The van der Waals surface area contributed by atoms with Crippen LogP contribution in [0.1, 0.15) is 25.8 Å². The number of hydrogen-bond acceptors (Lipinski definition) is 1. The molecule has 0 saturated heterocycles. The van der Waals surface area contributed by atoms with E-state index in [2.05, 4.69) is 5.32 Å². The first-order chi connectivity index (χ1) is 8.23. The van der Waals surface area contributed by atoms with Crippen molar-refractivity contribution >= 4 is 17.3 Å². The van der Waals surface area contributed by atoms with Crippen LogP contribution in [0.4, 0.5) is 18.9 Å². The highest BCUT2D eigenvalue weighted by molar-refractivity contribution is 6.21. The van der Waals surface area contributed by atoms with Gasteiger partial charge in [0.25, 0.3) is 0 Å². The highest BCUT2D eigenvalue weighted by Crippen LogP contribution is 2.46. The zero-order valence-corrected chi connectivity index (χ0v) is 10.9. The predicted octanol–water partition coefficient (Wildman–Crippen LogP) is 4.52. The Labute approximate surface area is 109 Å². The van der Waals surface area contributed by atoms with Crippen molar-refractivity contribution in [1.82, 2.24) is 0 Å². The fraction of sp³-hybridized carbons (Fsp3) is 0.538. The van der Waals surface area contributed by atoms with E-state index < -0.39 is 11.7 Å². The van der Waals surface area contributed by atoms with Crippen LogP contribution in [0.15, 0.2) is 24.3 Å². The van der Waals surface area contributed by atoms with Gasteiger partial charge in [0.1, 0.15) is 0 Å². The lowest BCUT2D eigenvalue weighted by molar-refractivity contribution is -0.137. The number of halogens is 4. The van der Waals surface area contributed by atoms with E-state index in [0.29, 0.717) is 6.42 Å². The standard InChI is InChI=1S/C13H15ClF3N/c1-12(2)10(14)7-11(12)18-9-6-4-3-5-8(9)13(15,16)17/h3-6,10-11,18H,7H2,1-2H3. The Kier molecular flexibility index (Phi) is 3.26. The van der Waals surface area contributed by atoms with Crippen LogP contribution < -0.4 is 5.32 Å². The molecule has 0 radical (unpaired) electrons. The molecule has 1 aliphatic rings. The van der Waals surface area contributed by atoms with E-state index in [1.165, 1.54) is 12.1 Å². The lowest BCUT2D eigenvalue weighted by Gasteiger charge is -2.49. The molecule has 5 heteroatoms. The summed E-state index contributed by atoms with van der Waals surface area (Å²) in [5, 5.41) is 2.98. The van der Waals surface area contributed by atoms with Crippen LogP contribution in [0.25, 0.3) is 0 Å². The Hall–Kier alpha value is -0.900. The molecule has 1 aromatic carbocycles. The number of para-hydroxylation sites is 1. The molecule has 0 bridgehead atoms. The fourth-order valence-corrected chi connectivity index (χ4v) is 2.49. The largest absolute Gasteiger partial charge is 0.418 e. The second-order valence-electron chi connectivity index (χ2n) is 5.26. The minimum absolute atomic E-state index is 0.00745. The summed E-state index contributed by atoms with van der Waals surface area (Å²) in [5.41, 5.74) is -0.689. The van der Waals surface area contributed by atoms with E-state index in [0.717, 1.165) is 6.07 Å². The maximum Gasteiger partial charge on any atom is 0.418 e. The Balaban J connectivity index is 2.21. The second-order valence-corrected chi connectivity index (χ2v) is 5.79. The second kappa shape index (κ2) is 4.34. The summed E-state index contributed by atoms with van der Waals surface area (Å²) in [5.74, 6) is 0. The monoisotopic (exact) mass is 277 g/mol. The van der Waals surface area contributed by atoms with E-state index in [4.69, 9.17) is 11.6 Å². The first-order valence-corrected chi connectivity index (χ1v) is 6.23. The van der Waals surface area contributed by atoms with Crippen molar-refractivity contribution in [3.8, 4) is 0 Å². The normalized spacial score (nSPS) is 26.6. The van der Waals surface area contributed by atoms with Crippen LogP contribution in [0.3, 0.4) is 0 Å². The molecular formula is C13H15ClF3N. The Morgan fingerprint density at radius 1 is 1.28 bits per heavy atom. The van der Waals surface area contributed by atoms with E-state index >= 15 is 0 Å². The van der Waals surface area contributed by atoms with Crippen LogP contribution in [0.2, 0.25) is 0 Å². The van der Waals surface area contributed by atoms with Crippen LogP contribution >= 0.6 is 11.6 Å². The van der Waals surface area contributed by atoms with Gasteiger partial charge in [0.05, 0.1) is 5.56 Å². The average Bonchev–Trinajstić information content (AvgIpc) is 2.28. The lowest BCUT2D eigenvalue weighted by Crippen LogP contribution is -2.54. The van der Waals surface area contributed by atoms with E-state index in [9.17, 15) is 13.2 Å². The number of rotatable bonds is 2. The Bertz CT molecular complexity index is 442. The smallest absolute Gasteiger partial charge is 0.381 e. The zero-order valence-electron chi connectivity index (χ0n) is 10.2. The number of anilines is 1. The molecule has 2 rings (SSSR count). The third kappa shape index (κ3) is 2.30. The van der Waals surface area contributed by atoms with Gasteiger partial charge < -0.3 is 5.32 Å². The molecule has 18 heavy (non-hydrogen) atoms. The van der Waals surface area contributed by atoms with Gasteiger partial charge >= 0.3 is 6.18 Å². The Morgan fingerprint density at radius 2 is 1.89 bits per heavy atom. The van der Waals surface area contributed by atoms with Crippen LogP contribution in [0.5, 0.6) is 0 Å². The van der Waals surface area contributed by atoms with Gasteiger partial charge in [0.15, 0.2) is 0 Å². The van der Waals surface area contributed by atoms with Crippen molar-refractivity contribution in [2.24, 2.45) is 5.41 Å². The molecule has 1 saturated carbocycles. The molecule has 0 aromatic heterocycles. The molecule has 0 heterocycles. The highest BCUT2D eigenvalue weighted by atomic mass is 35.5. The quantitative estimate of drug-likeness (QED) is 0.784. The van der Waals surface area contributed by atoms with E-state index in [1.54, 1.807) is 6.07 Å². The van der Waals surface area contributed by atoms with Crippen molar-refractivity contribution in [3.63, 3.8) is 0 Å². The summed E-state index contributed by atoms with van der Waals surface area (Å²) in [6.45, 7) is 3.92. The van der Waals surface area contributed by atoms with Crippen molar-refractivity contribution < 1.29 is 13.2 Å². The summed E-state index contributed by atoms with van der Waals surface area (Å²) in [7, 11) is 0. The van der Waals surface area contributed by atoms with Gasteiger partial charge in [-0.05, 0) is 18.6 Å². The van der Waals surface area contributed by atoms with Crippen LogP contribution in [-0.4, -0.2) is 11.4 Å². The SMILES string of the molecule is CC1(C)C(Cl)CC1Nc1ccccc1C(F)(F)F. The third-order valence-electron chi connectivity index (χ3n) is 3.71. The molecule has 0 spiro atoms. The number of alkyl halides is 4. The number of hydrogen-bond donors (Lipinski definition) is 1. The van der Waals surface area contributed by atoms with Gasteiger partial charge in [0.2, 0.25) is 0 Å². The van der Waals surface area contributed by atoms with E-state index in [-0.39, 0.29) is 22.5 Å². The lowest BCUT2D eigenvalue weighted by atomic mass is 9.66. The molecule has 1 fully saturated rings. The highest BCUT2D eigenvalue weighted by Gasteiger charge is 2.47. The summed E-state index contributed by atoms with van der Waals surface area (Å²) in [4.78, 5) is 0. The van der Waals surface area contributed by atoms with Gasteiger partial charge in [0, 0.05) is 22.5 Å². The van der Waals surface area contributed by atoms with Crippen molar-refractivity contribution in [2.45, 2.75) is 37.9 Å². The maximum atomic E-state index is 12.8. The van der Waals surface area contributed by atoms with E-state index in [1.807, 2.05) is 13.8 Å². The van der Waals surface area contributed by atoms with Crippen molar-refractivity contribution in [3.05, 3.63) is 29.8 Å². The number of nitrogens with one attached hydrogen (secondary N) is 1. The number of benzene rings is 1. The molecule has 1 aromatic rings. The first-order valence-electron chi connectivity index (χ1n) is 5.80. The van der Waals surface area contributed by atoms with Crippen LogP contribution in [0, 0.1) is 5.41 Å². The molecule has 2 unspecified atom stereocenters. The minimum atomic E-state index is -4.34. The van der Waals surface area contributed by atoms with Crippen molar-refractivity contribution in [1.29, 1.82) is 0 Å². The van der Waals surface area contributed by atoms with Gasteiger partial charge in [-0.15, -0.1) is 11.6 Å². The fourth-order valence-electron chi connectivity index (χ4n) is 2.16. The summed E-state index contributed by atoms with van der Waals surface area (Å²) in [6, 6.07) is 5.52. The molecular weight excluding hydrogens is 263 g/mol. The zero-order chi connectivity index (χ0) is 13.6. The average molecular weight is 278 g/mol. The van der Waals surface area contributed by atoms with Gasteiger partial charge in [-0.25, -0.2) is 0 Å². The molecule has 1 aliphatic carbocycles. The first kappa shape index (κ1) is 13.5. The van der Waals surface area contributed by atoms with Gasteiger partial charge in [-0.3, -0.25) is 0 Å². The molecule has 1 nitrogen and oxygen atoms in total. The summed E-state index contributed by atoms with van der Waals surface area (Å²) in [6.07, 6.45) is -3.65. The Morgan fingerprint density at radius 3 is 2.39 bits per heavy atom. The van der Waals surface area contributed by atoms with Gasteiger partial charge in [-0.1, -0.05) is 26.0 Å². The van der Waals surface area contributed by atoms with Gasteiger partial charge in [-0.2, -0.15) is 13.2 Å². The topological polar surface area (TPSA) is 12.0 Å². The molecule has 0 amide bonds. The van der Waals surface area contributed by atoms with Crippen LogP contribution in [-0.2, 0) is 6.18 Å². The summed E-state index contributed by atoms with van der Waals surface area (Å²) < 4.78 is 38.5. The molecule has 0 aliphatic heterocycles. The third-order valence-corrected chi connectivity index (χ3v) is 4.45. The summed E-state index contributed by atoms with van der Waals surface area (Å²) >= 11 is 6.07. The maximum absolute atomic E-state index is 12.8. The molecule has 2 atom stereocenters. The minimum Gasteiger partial charge on any atom is -0.381 e. The van der Waals surface area contributed by atoms with Crippen molar-refractivity contribution in [2.75, 3.05) is 5.32 Å². The molecule has 1 N–H and O–H groups in total.